The van der Waals surface area contributed by atoms with Gasteiger partial charge in [-0.1, -0.05) is 20.8 Å². The molecule has 1 aliphatic heterocycles. The molecule has 21 heavy (non-hydrogen) atoms. The molecular weight excluding hydrogens is 268 g/mol. The highest BCUT2D eigenvalue weighted by Crippen LogP contribution is 2.35. The van der Waals surface area contributed by atoms with Crippen molar-refractivity contribution in [1.29, 1.82) is 0 Å². The first kappa shape index (κ1) is 13.2. The lowest BCUT2D eigenvalue weighted by atomic mass is 9.91. The largest absolute Gasteiger partial charge is 0.347 e. The monoisotopic (exact) mass is 288 g/mol. The Hall–Kier alpha value is -1.53. The fourth-order valence-electron chi connectivity index (χ4n) is 3.08. The van der Waals surface area contributed by atoms with E-state index in [2.05, 4.69) is 35.8 Å². The molecule has 1 fully saturated rings. The van der Waals surface area contributed by atoms with E-state index in [1.165, 1.54) is 5.69 Å². The van der Waals surface area contributed by atoms with Gasteiger partial charge in [0, 0.05) is 24.5 Å². The summed E-state index contributed by atoms with van der Waals surface area (Å²) in [5, 5.41) is 4.67. The average molecular weight is 288 g/mol. The van der Waals surface area contributed by atoms with Gasteiger partial charge >= 0.3 is 0 Å². The zero-order chi connectivity index (χ0) is 14.7. The number of nitrogens with zero attached hydrogens (tertiary/aromatic N) is 4. The van der Waals surface area contributed by atoms with Crippen LogP contribution in [0.1, 0.15) is 44.3 Å². The van der Waals surface area contributed by atoms with Gasteiger partial charge < -0.3 is 9.47 Å². The lowest BCUT2D eigenvalue weighted by Gasteiger charge is -2.32. The molecular formula is C15H20N4O2. The minimum absolute atomic E-state index is 0.0753. The molecule has 0 amide bonds. The first-order valence-electron chi connectivity index (χ1n) is 7.49. The van der Waals surface area contributed by atoms with E-state index < -0.39 is 5.79 Å². The molecule has 2 aliphatic rings. The first-order valence-corrected chi connectivity index (χ1v) is 7.49. The smallest absolute Gasteiger partial charge is 0.252 e. The van der Waals surface area contributed by atoms with E-state index in [9.17, 15) is 0 Å². The second-order valence-corrected chi connectivity index (χ2v) is 6.91. The highest BCUT2D eigenvalue weighted by Gasteiger charge is 2.41. The molecule has 1 spiro atoms. The number of rotatable bonds is 0. The van der Waals surface area contributed by atoms with E-state index in [1.807, 2.05) is 10.7 Å². The van der Waals surface area contributed by atoms with Crippen molar-refractivity contribution in [3.63, 3.8) is 0 Å². The van der Waals surface area contributed by atoms with Crippen LogP contribution in [0.3, 0.4) is 0 Å². The minimum atomic E-state index is -0.435. The molecule has 0 atom stereocenters. The standard InChI is InChI=1S/C15H20N4O2/c1-14(2,3)12-17-13-16-9-10-8-15(20-6-7-21-15)5-4-11(10)19(13)18-12/h9H,4-8H2,1-3H3. The highest BCUT2D eigenvalue weighted by atomic mass is 16.7. The summed E-state index contributed by atoms with van der Waals surface area (Å²) >= 11 is 0. The molecule has 6 heteroatoms. The van der Waals surface area contributed by atoms with Crippen molar-refractivity contribution in [2.45, 2.75) is 51.2 Å². The molecule has 1 saturated heterocycles. The Bertz CT molecular complexity index is 695. The SMILES string of the molecule is CC(C)(C)c1nc2ncc3c(n2n1)CCC1(C3)OCCO1. The van der Waals surface area contributed by atoms with Crippen LogP contribution in [-0.2, 0) is 27.7 Å². The zero-order valence-electron chi connectivity index (χ0n) is 12.7. The summed E-state index contributed by atoms with van der Waals surface area (Å²) in [6.45, 7) is 7.71. The lowest BCUT2D eigenvalue weighted by Crippen LogP contribution is -2.37. The van der Waals surface area contributed by atoms with Crippen molar-refractivity contribution < 1.29 is 9.47 Å². The van der Waals surface area contributed by atoms with Gasteiger partial charge in [-0.05, 0) is 12.0 Å². The maximum absolute atomic E-state index is 5.81. The predicted molar refractivity (Wildman–Crippen MR) is 76.1 cm³/mol. The van der Waals surface area contributed by atoms with Gasteiger partial charge in [-0.25, -0.2) is 9.50 Å². The highest BCUT2D eigenvalue weighted by molar-refractivity contribution is 5.36. The molecule has 0 bridgehead atoms. The third-order valence-corrected chi connectivity index (χ3v) is 4.24. The molecule has 0 saturated carbocycles. The van der Waals surface area contributed by atoms with Crippen LogP contribution in [-0.4, -0.2) is 38.6 Å². The van der Waals surface area contributed by atoms with E-state index in [0.29, 0.717) is 19.0 Å². The summed E-state index contributed by atoms with van der Waals surface area (Å²) in [6.07, 6.45) is 4.39. The third-order valence-electron chi connectivity index (χ3n) is 4.24. The predicted octanol–water partition coefficient (Wildman–Crippen LogP) is 1.65. The number of fused-ring (bicyclic) bond motifs is 3. The third kappa shape index (κ3) is 2.05. The second kappa shape index (κ2) is 4.24. The maximum atomic E-state index is 5.81. The van der Waals surface area contributed by atoms with Crippen LogP contribution in [0.5, 0.6) is 0 Å². The molecule has 0 aromatic carbocycles. The summed E-state index contributed by atoms with van der Waals surface area (Å²) in [4.78, 5) is 9.02. The molecule has 4 rings (SSSR count). The molecule has 2 aromatic heterocycles. The molecule has 0 N–H and O–H groups in total. The summed E-state index contributed by atoms with van der Waals surface area (Å²) in [5.41, 5.74) is 2.27. The normalized spacial score (nSPS) is 21.1. The lowest BCUT2D eigenvalue weighted by molar-refractivity contribution is -0.164. The number of hydrogen-bond donors (Lipinski definition) is 0. The Morgan fingerprint density at radius 2 is 2.00 bits per heavy atom. The molecule has 0 unspecified atom stereocenters. The van der Waals surface area contributed by atoms with E-state index in [0.717, 1.165) is 30.7 Å². The second-order valence-electron chi connectivity index (χ2n) is 6.91. The van der Waals surface area contributed by atoms with Crippen LogP contribution in [0.25, 0.3) is 5.78 Å². The van der Waals surface area contributed by atoms with E-state index in [1.54, 1.807) is 0 Å². The van der Waals surface area contributed by atoms with Crippen LogP contribution in [0.2, 0.25) is 0 Å². The van der Waals surface area contributed by atoms with Gasteiger partial charge in [0.1, 0.15) is 0 Å². The Balaban J connectivity index is 1.79. The number of hydrogen-bond acceptors (Lipinski definition) is 5. The molecule has 112 valence electrons. The Morgan fingerprint density at radius 1 is 1.24 bits per heavy atom. The summed E-state index contributed by atoms with van der Waals surface area (Å²) in [7, 11) is 0. The molecule has 1 aliphatic carbocycles. The van der Waals surface area contributed by atoms with E-state index in [4.69, 9.17) is 9.47 Å². The van der Waals surface area contributed by atoms with Gasteiger partial charge in [0.15, 0.2) is 11.6 Å². The zero-order valence-corrected chi connectivity index (χ0v) is 12.7. The van der Waals surface area contributed by atoms with Crippen LogP contribution < -0.4 is 0 Å². The Morgan fingerprint density at radius 3 is 2.71 bits per heavy atom. The fraction of sp³-hybridized carbons (Fsp3) is 0.667. The number of aryl methyl sites for hydroxylation is 1. The average Bonchev–Trinajstić information content (AvgIpc) is 3.05. The van der Waals surface area contributed by atoms with Crippen molar-refractivity contribution >= 4 is 5.78 Å². The van der Waals surface area contributed by atoms with Crippen molar-refractivity contribution in [3.8, 4) is 0 Å². The van der Waals surface area contributed by atoms with Gasteiger partial charge in [0.2, 0.25) is 0 Å². The van der Waals surface area contributed by atoms with Crippen molar-refractivity contribution in [1.82, 2.24) is 19.6 Å². The van der Waals surface area contributed by atoms with Crippen LogP contribution >= 0.6 is 0 Å². The fourth-order valence-corrected chi connectivity index (χ4v) is 3.08. The van der Waals surface area contributed by atoms with Crippen LogP contribution in [0.15, 0.2) is 6.20 Å². The van der Waals surface area contributed by atoms with Crippen molar-refractivity contribution in [3.05, 3.63) is 23.3 Å². The first-order chi connectivity index (χ1) is 9.97. The van der Waals surface area contributed by atoms with Gasteiger partial charge in [0.25, 0.3) is 5.78 Å². The summed E-state index contributed by atoms with van der Waals surface area (Å²) in [6, 6.07) is 0. The minimum Gasteiger partial charge on any atom is -0.347 e. The molecule has 6 nitrogen and oxygen atoms in total. The maximum Gasteiger partial charge on any atom is 0.252 e. The number of ether oxygens (including phenoxy) is 2. The van der Waals surface area contributed by atoms with E-state index >= 15 is 0 Å². The molecule has 3 heterocycles. The molecule has 0 radical (unpaired) electrons. The summed E-state index contributed by atoms with van der Waals surface area (Å²) in [5.74, 6) is 1.08. The van der Waals surface area contributed by atoms with Gasteiger partial charge in [-0.3, -0.25) is 0 Å². The van der Waals surface area contributed by atoms with Gasteiger partial charge in [-0.2, -0.15) is 4.98 Å². The van der Waals surface area contributed by atoms with Crippen molar-refractivity contribution in [2.75, 3.05) is 13.2 Å². The van der Waals surface area contributed by atoms with Crippen LogP contribution in [0.4, 0.5) is 0 Å². The Kier molecular flexibility index (Phi) is 2.65. The quantitative estimate of drug-likeness (QED) is 0.737. The molecule has 2 aromatic rings. The van der Waals surface area contributed by atoms with Gasteiger partial charge in [-0.15, -0.1) is 5.10 Å². The van der Waals surface area contributed by atoms with E-state index in [-0.39, 0.29) is 5.41 Å². The topological polar surface area (TPSA) is 61.5 Å². The van der Waals surface area contributed by atoms with Gasteiger partial charge in [0.05, 0.1) is 18.9 Å². The summed E-state index contributed by atoms with van der Waals surface area (Å²) < 4.78 is 13.5. The Labute approximate surface area is 123 Å². The van der Waals surface area contributed by atoms with Crippen molar-refractivity contribution in [2.24, 2.45) is 0 Å². The van der Waals surface area contributed by atoms with Crippen LogP contribution in [0, 0.1) is 0 Å². The number of aromatic nitrogens is 4.